The van der Waals surface area contributed by atoms with E-state index in [1.165, 1.54) is 5.56 Å². The molecule has 21 heavy (non-hydrogen) atoms. The molecule has 0 spiro atoms. The Morgan fingerprint density at radius 3 is 2.62 bits per heavy atom. The van der Waals surface area contributed by atoms with E-state index < -0.39 is 0 Å². The van der Waals surface area contributed by atoms with Crippen LogP contribution < -0.4 is 5.32 Å². The summed E-state index contributed by atoms with van der Waals surface area (Å²) < 4.78 is 10.9. The molecule has 0 radical (unpaired) electrons. The Labute approximate surface area is 129 Å². The van der Waals surface area contributed by atoms with E-state index in [0.717, 1.165) is 45.1 Å². The number of nitrogens with one attached hydrogen (secondary N) is 1. The molecule has 1 N–H and O–H groups in total. The molecule has 0 fully saturated rings. The minimum Gasteiger partial charge on any atom is -0.468 e. The minimum atomic E-state index is 0.649. The normalized spacial score (nSPS) is 12.0. The molecule has 0 amide bonds. The van der Waals surface area contributed by atoms with Crippen LogP contribution in [0.1, 0.15) is 39.0 Å². The van der Waals surface area contributed by atoms with Gasteiger partial charge < -0.3 is 14.5 Å². The summed E-state index contributed by atoms with van der Waals surface area (Å²) in [5.41, 5.74) is 1.28. The van der Waals surface area contributed by atoms with E-state index in [4.69, 9.17) is 9.15 Å². The molecule has 0 bridgehead atoms. The molecule has 1 heterocycles. The van der Waals surface area contributed by atoms with Crippen LogP contribution in [0.3, 0.4) is 0 Å². The SMILES string of the molecule is COCCN(Cc1ccoc1CNCC(C)C)CC(C)C. The van der Waals surface area contributed by atoms with E-state index in [-0.39, 0.29) is 0 Å². The second-order valence-electron chi connectivity index (χ2n) is 6.52. The second-order valence-corrected chi connectivity index (χ2v) is 6.52. The molecular weight excluding hydrogens is 264 g/mol. The van der Waals surface area contributed by atoms with Crippen molar-refractivity contribution in [3.63, 3.8) is 0 Å². The van der Waals surface area contributed by atoms with Gasteiger partial charge in [-0.05, 0) is 24.4 Å². The van der Waals surface area contributed by atoms with E-state index >= 15 is 0 Å². The van der Waals surface area contributed by atoms with Crippen molar-refractivity contribution in [2.75, 3.05) is 33.4 Å². The molecule has 0 unspecified atom stereocenters. The third-order valence-corrected chi connectivity index (χ3v) is 3.30. The molecule has 0 aliphatic heterocycles. The lowest BCUT2D eigenvalue weighted by atomic mass is 10.1. The maximum Gasteiger partial charge on any atom is 0.122 e. The van der Waals surface area contributed by atoms with Crippen molar-refractivity contribution in [2.45, 2.75) is 40.8 Å². The number of rotatable bonds is 11. The van der Waals surface area contributed by atoms with Crippen molar-refractivity contribution in [1.29, 1.82) is 0 Å². The van der Waals surface area contributed by atoms with Crippen LogP contribution in [-0.4, -0.2) is 38.3 Å². The van der Waals surface area contributed by atoms with Crippen LogP contribution in [0.15, 0.2) is 16.7 Å². The summed E-state index contributed by atoms with van der Waals surface area (Å²) in [5, 5.41) is 3.45. The number of hydrogen-bond donors (Lipinski definition) is 1. The molecule has 1 aromatic rings. The standard InChI is InChI=1S/C17H32N2O2/c1-14(2)10-18-11-17-16(6-8-21-17)13-19(7-9-20-5)12-15(3)4/h6,8,14-15,18H,7,9-13H2,1-5H3. The Kier molecular flexibility index (Phi) is 8.66. The number of ether oxygens (including phenoxy) is 1. The zero-order valence-corrected chi connectivity index (χ0v) is 14.3. The minimum absolute atomic E-state index is 0.649. The van der Waals surface area contributed by atoms with Gasteiger partial charge in [0.2, 0.25) is 0 Å². The summed E-state index contributed by atoms with van der Waals surface area (Å²) in [6, 6.07) is 2.09. The summed E-state index contributed by atoms with van der Waals surface area (Å²) in [7, 11) is 1.76. The summed E-state index contributed by atoms with van der Waals surface area (Å²) in [5.74, 6) is 2.36. The first-order chi connectivity index (χ1) is 10.0. The quantitative estimate of drug-likeness (QED) is 0.681. The van der Waals surface area contributed by atoms with E-state index in [0.29, 0.717) is 11.8 Å². The largest absolute Gasteiger partial charge is 0.468 e. The highest BCUT2D eigenvalue weighted by Gasteiger charge is 2.13. The molecule has 1 aromatic heterocycles. The van der Waals surface area contributed by atoms with Crippen LogP contribution >= 0.6 is 0 Å². The van der Waals surface area contributed by atoms with E-state index in [2.05, 4.69) is 44.0 Å². The average molecular weight is 296 g/mol. The van der Waals surface area contributed by atoms with Gasteiger partial charge in [-0.3, -0.25) is 4.90 Å². The first-order valence-electron chi connectivity index (χ1n) is 8.00. The molecule has 1 rings (SSSR count). The molecule has 122 valence electrons. The Morgan fingerprint density at radius 1 is 1.24 bits per heavy atom. The summed E-state index contributed by atoms with van der Waals surface area (Å²) in [4.78, 5) is 2.44. The van der Waals surface area contributed by atoms with Gasteiger partial charge in [-0.15, -0.1) is 0 Å². The Morgan fingerprint density at radius 2 is 2.00 bits per heavy atom. The van der Waals surface area contributed by atoms with Crippen LogP contribution in [-0.2, 0) is 17.8 Å². The van der Waals surface area contributed by atoms with Crippen molar-refractivity contribution >= 4 is 0 Å². The summed E-state index contributed by atoms with van der Waals surface area (Å²) in [6.07, 6.45) is 1.80. The van der Waals surface area contributed by atoms with Gasteiger partial charge >= 0.3 is 0 Å². The summed E-state index contributed by atoms with van der Waals surface area (Å²) in [6.45, 7) is 14.5. The maximum absolute atomic E-state index is 5.64. The van der Waals surface area contributed by atoms with Crippen LogP contribution in [0, 0.1) is 11.8 Å². The highest BCUT2D eigenvalue weighted by molar-refractivity contribution is 5.16. The molecule has 0 aliphatic rings. The highest BCUT2D eigenvalue weighted by Crippen LogP contribution is 2.14. The fraction of sp³-hybridized carbons (Fsp3) is 0.765. The molecule has 4 nitrogen and oxygen atoms in total. The van der Waals surface area contributed by atoms with Gasteiger partial charge in [-0.25, -0.2) is 0 Å². The Hall–Kier alpha value is -0.840. The molecule has 0 aromatic carbocycles. The fourth-order valence-electron chi connectivity index (χ4n) is 2.35. The lowest BCUT2D eigenvalue weighted by molar-refractivity contribution is 0.135. The van der Waals surface area contributed by atoms with Crippen molar-refractivity contribution in [3.05, 3.63) is 23.7 Å². The van der Waals surface area contributed by atoms with Gasteiger partial charge in [0, 0.05) is 32.3 Å². The van der Waals surface area contributed by atoms with Crippen LogP contribution in [0.2, 0.25) is 0 Å². The summed E-state index contributed by atoms with van der Waals surface area (Å²) >= 11 is 0. The van der Waals surface area contributed by atoms with E-state index in [1.807, 2.05) is 0 Å². The van der Waals surface area contributed by atoms with Crippen LogP contribution in [0.4, 0.5) is 0 Å². The molecular formula is C17H32N2O2. The van der Waals surface area contributed by atoms with Crippen LogP contribution in [0.5, 0.6) is 0 Å². The predicted octanol–water partition coefficient (Wildman–Crippen LogP) is 3.13. The third-order valence-electron chi connectivity index (χ3n) is 3.30. The zero-order valence-electron chi connectivity index (χ0n) is 14.3. The first-order valence-corrected chi connectivity index (χ1v) is 8.00. The maximum atomic E-state index is 5.64. The van der Waals surface area contributed by atoms with Gasteiger partial charge in [0.1, 0.15) is 5.76 Å². The molecule has 0 saturated carbocycles. The fourth-order valence-corrected chi connectivity index (χ4v) is 2.35. The highest BCUT2D eigenvalue weighted by atomic mass is 16.5. The first kappa shape index (κ1) is 18.2. The Balaban J connectivity index is 2.55. The average Bonchev–Trinajstić information content (AvgIpc) is 2.82. The number of hydrogen-bond acceptors (Lipinski definition) is 4. The lowest BCUT2D eigenvalue weighted by Crippen LogP contribution is -2.31. The Bertz CT molecular complexity index is 375. The van der Waals surface area contributed by atoms with Gasteiger partial charge in [0.25, 0.3) is 0 Å². The predicted molar refractivity (Wildman–Crippen MR) is 87.2 cm³/mol. The topological polar surface area (TPSA) is 37.6 Å². The van der Waals surface area contributed by atoms with Crippen molar-refractivity contribution in [1.82, 2.24) is 10.2 Å². The van der Waals surface area contributed by atoms with E-state index in [9.17, 15) is 0 Å². The number of furan rings is 1. The van der Waals surface area contributed by atoms with Crippen molar-refractivity contribution in [3.8, 4) is 0 Å². The van der Waals surface area contributed by atoms with Crippen molar-refractivity contribution in [2.24, 2.45) is 11.8 Å². The molecule has 0 atom stereocenters. The lowest BCUT2D eigenvalue weighted by Gasteiger charge is -2.23. The van der Waals surface area contributed by atoms with E-state index in [1.54, 1.807) is 13.4 Å². The number of nitrogens with zero attached hydrogens (tertiary/aromatic N) is 1. The van der Waals surface area contributed by atoms with Crippen molar-refractivity contribution < 1.29 is 9.15 Å². The second kappa shape index (κ2) is 9.98. The molecule has 0 saturated heterocycles. The van der Waals surface area contributed by atoms with Gasteiger partial charge in [0.05, 0.1) is 19.4 Å². The third kappa shape index (κ3) is 7.65. The van der Waals surface area contributed by atoms with Crippen LogP contribution in [0.25, 0.3) is 0 Å². The zero-order chi connectivity index (χ0) is 15.7. The van der Waals surface area contributed by atoms with Gasteiger partial charge in [-0.1, -0.05) is 27.7 Å². The van der Waals surface area contributed by atoms with Gasteiger partial charge in [-0.2, -0.15) is 0 Å². The molecule has 4 heteroatoms. The smallest absolute Gasteiger partial charge is 0.122 e. The van der Waals surface area contributed by atoms with Gasteiger partial charge in [0.15, 0.2) is 0 Å². The number of methoxy groups -OCH3 is 1. The molecule has 0 aliphatic carbocycles. The monoisotopic (exact) mass is 296 g/mol.